The average molecular weight is 380 g/mol. The van der Waals surface area contributed by atoms with E-state index in [2.05, 4.69) is 26.8 Å². The number of hydrazine groups is 1. The highest BCUT2D eigenvalue weighted by Crippen LogP contribution is 2.16. The molecule has 2 amide bonds. The summed E-state index contributed by atoms with van der Waals surface area (Å²) >= 11 is 3.22. The molecule has 0 radical (unpaired) electrons. The molecule has 8 nitrogen and oxygen atoms in total. The first-order valence-corrected chi connectivity index (χ1v) is 7.04. The van der Waals surface area contributed by atoms with E-state index in [1.165, 1.54) is 18.2 Å². The van der Waals surface area contributed by atoms with E-state index in [-0.39, 0.29) is 5.76 Å². The highest BCUT2D eigenvalue weighted by atomic mass is 79.9. The number of carbonyl (C=O) groups is 2. The van der Waals surface area contributed by atoms with Gasteiger partial charge >= 0.3 is 5.88 Å². The van der Waals surface area contributed by atoms with Gasteiger partial charge in [-0.1, -0.05) is 12.1 Å². The molecule has 2 N–H and O–H groups in total. The molecule has 1 aromatic heterocycles. The van der Waals surface area contributed by atoms with E-state index in [1.54, 1.807) is 24.3 Å². The molecular formula is C14H10BrN3O5. The van der Waals surface area contributed by atoms with Gasteiger partial charge in [-0.2, -0.15) is 0 Å². The highest BCUT2D eigenvalue weighted by molar-refractivity contribution is 9.10. The molecule has 9 heteroatoms. The van der Waals surface area contributed by atoms with Gasteiger partial charge in [-0.3, -0.25) is 30.6 Å². The maximum absolute atomic E-state index is 11.8. The molecule has 2 rings (SSSR count). The second-order valence-corrected chi connectivity index (χ2v) is 5.04. The van der Waals surface area contributed by atoms with Crippen molar-refractivity contribution in [3.63, 3.8) is 0 Å². The maximum atomic E-state index is 11.8. The minimum atomic E-state index is -0.685. The van der Waals surface area contributed by atoms with Crippen molar-refractivity contribution in [1.82, 2.24) is 10.9 Å². The van der Waals surface area contributed by atoms with Crippen LogP contribution in [0.5, 0.6) is 0 Å². The predicted molar refractivity (Wildman–Crippen MR) is 84.1 cm³/mol. The lowest BCUT2D eigenvalue weighted by Crippen LogP contribution is -2.40. The van der Waals surface area contributed by atoms with Gasteiger partial charge in [0.2, 0.25) is 0 Å². The van der Waals surface area contributed by atoms with E-state index in [0.717, 1.165) is 6.08 Å². The maximum Gasteiger partial charge on any atom is 0.433 e. The Bertz CT molecular complexity index is 784. The van der Waals surface area contributed by atoms with Crippen LogP contribution in [-0.4, -0.2) is 16.7 Å². The lowest BCUT2D eigenvalue weighted by molar-refractivity contribution is -0.402. The standard InChI is InChI=1S/C14H10BrN3O5/c15-11-4-2-1-3-10(11)14(20)17-16-12(19)7-5-9-6-8-13(23-9)18(21)22/h1-8H,(H,16,19)(H,17,20)/b7-5+. The van der Waals surface area contributed by atoms with Gasteiger partial charge in [0.1, 0.15) is 10.7 Å². The molecule has 0 atom stereocenters. The zero-order valence-electron chi connectivity index (χ0n) is 11.5. The molecule has 0 bridgehead atoms. The van der Waals surface area contributed by atoms with Crippen LogP contribution in [0.1, 0.15) is 16.1 Å². The normalized spacial score (nSPS) is 10.5. The number of rotatable bonds is 4. The van der Waals surface area contributed by atoms with Crippen molar-refractivity contribution in [2.75, 3.05) is 0 Å². The van der Waals surface area contributed by atoms with E-state index >= 15 is 0 Å². The Morgan fingerprint density at radius 1 is 1.17 bits per heavy atom. The second kappa shape index (κ2) is 7.36. The van der Waals surface area contributed by atoms with Gasteiger partial charge in [0.25, 0.3) is 11.8 Å². The molecule has 1 heterocycles. The fraction of sp³-hybridized carbons (Fsp3) is 0. The third kappa shape index (κ3) is 4.51. The van der Waals surface area contributed by atoms with Crippen molar-refractivity contribution >= 4 is 39.7 Å². The van der Waals surface area contributed by atoms with Gasteiger partial charge in [0, 0.05) is 10.5 Å². The Morgan fingerprint density at radius 3 is 2.57 bits per heavy atom. The number of halogens is 1. The van der Waals surface area contributed by atoms with Crippen LogP contribution in [0.3, 0.4) is 0 Å². The first-order valence-electron chi connectivity index (χ1n) is 6.24. The van der Waals surface area contributed by atoms with Crippen LogP contribution in [0.25, 0.3) is 6.08 Å². The molecule has 0 aliphatic rings. The molecule has 0 aliphatic carbocycles. The number of nitro groups is 1. The molecule has 0 unspecified atom stereocenters. The van der Waals surface area contributed by atoms with E-state index in [0.29, 0.717) is 10.0 Å². The molecule has 0 fully saturated rings. The third-order valence-corrected chi connectivity index (χ3v) is 3.30. The molecule has 0 saturated heterocycles. The minimum Gasteiger partial charge on any atom is -0.401 e. The molecule has 0 aliphatic heterocycles. The lowest BCUT2D eigenvalue weighted by Gasteiger charge is -2.06. The average Bonchev–Trinajstić information content (AvgIpc) is 3.00. The Morgan fingerprint density at radius 2 is 1.91 bits per heavy atom. The SMILES string of the molecule is O=C(/C=C/c1ccc([N+](=O)[O-])o1)NNC(=O)c1ccccc1Br. The quantitative estimate of drug-likeness (QED) is 0.480. The van der Waals surface area contributed by atoms with Crippen molar-refractivity contribution in [3.8, 4) is 0 Å². The topological polar surface area (TPSA) is 114 Å². The number of benzene rings is 1. The molecule has 2 aromatic rings. The van der Waals surface area contributed by atoms with Crippen molar-refractivity contribution in [1.29, 1.82) is 0 Å². The van der Waals surface area contributed by atoms with Crippen LogP contribution >= 0.6 is 15.9 Å². The Balaban J connectivity index is 1.89. The van der Waals surface area contributed by atoms with Gasteiger partial charge in [0.05, 0.1) is 11.6 Å². The van der Waals surface area contributed by atoms with Crippen LogP contribution in [0.15, 0.2) is 51.4 Å². The zero-order valence-corrected chi connectivity index (χ0v) is 13.1. The van der Waals surface area contributed by atoms with E-state index in [9.17, 15) is 19.7 Å². The smallest absolute Gasteiger partial charge is 0.401 e. The van der Waals surface area contributed by atoms with Crippen molar-refractivity contribution in [2.45, 2.75) is 0 Å². The summed E-state index contributed by atoms with van der Waals surface area (Å²) in [5, 5.41) is 10.4. The third-order valence-electron chi connectivity index (χ3n) is 2.61. The Hall–Kier alpha value is -2.94. The summed E-state index contributed by atoms with van der Waals surface area (Å²) < 4.78 is 5.43. The number of carbonyl (C=O) groups excluding carboxylic acids is 2. The molecule has 1 aromatic carbocycles. The molecule has 0 saturated carbocycles. The monoisotopic (exact) mass is 379 g/mol. The molecule has 23 heavy (non-hydrogen) atoms. The van der Waals surface area contributed by atoms with Crippen molar-refractivity contribution < 1.29 is 18.9 Å². The summed E-state index contributed by atoms with van der Waals surface area (Å²) in [5.74, 6) is -1.39. The summed E-state index contributed by atoms with van der Waals surface area (Å²) in [6.45, 7) is 0. The highest BCUT2D eigenvalue weighted by Gasteiger charge is 2.11. The second-order valence-electron chi connectivity index (χ2n) is 4.19. The van der Waals surface area contributed by atoms with Gasteiger partial charge in [-0.05, 0) is 40.2 Å². The number of hydrogen-bond donors (Lipinski definition) is 2. The number of nitrogens with zero attached hydrogens (tertiary/aromatic N) is 1. The van der Waals surface area contributed by atoms with Crippen LogP contribution in [0, 0.1) is 10.1 Å². The predicted octanol–water partition coefficient (Wildman–Crippen LogP) is 2.42. The van der Waals surface area contributed by atoms with Crippen molar-refractivity contribution in [2.24, 2.45) is 0 Å². The molecule has 0 spiro atoms. The minimum absolute atomic E-state index is 0.143. The number of amides is 2. The zero-order chi connectivity index (χ0) is 16.8. The summed E-state index contributed by atoms with van der Waals surface area (Å²) in [5.41, 5.74) is 4.79. The van der Waals surface area contributed by atoms with Crippen LogP contribution in [0.2, 0.25) is 0 Å². The van der Waals surface area contributed by atoms with E-state index < -0.39 is 22.6 Å². The van der Waals surface area contributed by atoms with Crippen LogP contribution in [-0.2, 0) is 4.79 Å². The fourth-order valence-corrected chi connectivity index (χ4v) is 2.03. The summed E-state index contributed by atoms with van der Waals surface area (Å²) in [7, 11) is 0. The Kier molecular flexibility index (Phi) is 5.26. The van der Waals surface area contributed by atoms with Gasteiger partial charge in [-0.25, -0.2) is 0 Å². The first-order chi connectivity index (χ1) is 11.0. The summed E-state index contributed by atoms with van der Waals surface area (Å²) in [4.78, 5) is 33.2. The first kappa shape index (κ1) is 16.4. The number of furan rings is 1. The summed E-state index contributed by atoms with van der Waals surface area (Å²) in [6.07, 6.45) is 2.32. The largest absolute Gasteiger partial charge is 0.433 e. The molecule has 118 valence electrons. The van der Waals surface area contributed by atoms with Gasteiger partial charge in [0.15, 0.2) is 0 Å². The fourth-order valence-electron chi connectivity index (χ4n) is 1.56. The van der Waals surface area contributed by atoms with E-state index in [1.807, 2.05) is 0 Å². The van der Waals surface area contributed by atoms with Gasteiger partial charge < -0.3 is 4.42 Å². The van der Waals surface area contributed by atoms with Crippen LogP contribution in [0.4, 0.5) is 5.88 Å². The lowest BCUT2D eigenvalue weighted by atomic mass is 10.2. The van der Waals surface area contributed by atoms with Crippen LogP contribution < -0.4 is 10.9 Å². The van der Waals surface area contributed by atoms with E-state index in [4.69, 9.17) is 4.42 Å². The summed E-state index contributed by atoms with van der Waals surface area (Å²) in [6, 6.07) is 9.24. The molecular weight excluding hydrogens is 370 g/mol. The number of hydrogen-bond acceptors (Lipinski definition) is 5. The number of nitrogens with one attached hydrogen (secondary N) is 2. The Labute approximate surface area is 138 Å². The van der Waals surface area contributed by atoms with Crippen molar-refractivity contribution in [3.05, 3.63) is 68.4 Å². The van der Waals surface area contributed by atoms with Gasteiger partial charge in [-0.15, -0.1) is 0 Å².